The maximum Gasteiger partial charge on any atom is 0.123 e. The number of nitrogens with one attached hydrogen (secondary N) is 2. The first-order valence-corrected chi connectivity index (χ1v) is 5.97. The lowest BCUT2D eigenvalue weighted by molar-refractivity contribution is 0.198. The fourth-order valence-corrected chi connectivity index (χ4v) is 1.85. The molecule has 0 aliphatic carbocycles. The van der Waals surface area contributed by atoms with Crippen LogP contribution in [0.4, 0.5) is 0 Å². The molecule has 16 heavy (non-hydrogen) atoms. The molecule has 0 aromatic heterocycles. The van der Waals surface area contributed by atoms with Crippen molar-refractivity contribution in [1.29, 1.82) is 0 Å². The third-order valence-electron chi connectivity index (χ3n) is 2.62. The molecule has 0 atom stereocenters. The fraction of sp³-hybridized carbons (Fsp3) is 0.667. The normalized spacial score (nSPS) is 15.4. The highest BCUT2D eigenvalue weighted by Gasteiger charge is 2.14. The SMILES string of the molecule is CCCN(CCNC)C1=CC=C(C)NN1C. The second kappa shape index (κ2) is 6.43. The molecule has 0 saturated heterocycles. The fourth-order valence-electron chi connectivity index (χ4n) is 1.85. The molecule has 0 saturated carbocycles. The number of allylic oxidation sites excluding steroid dienone is 3. The maximum atomic E-state index is 3.31. The Morgan fingerprint density at radius 3 is 2.69 bits per heavy atom. The molecular formula is C12H24N4. The number of nitrogens with zero attached hydrogens (tertiary/aromatic N) is 2. The highest BCUT2D eigenvalue weighted by atomic mass is 15.6. The van der Waals surface area contributed by atoms with Crippen molar-refractivity contribution in [3.05, 3.63) is 23.7 Å². The van der Waals surface area contributed by atoms with Gasteiger partial charge in [0.2, 0.25) is 0 Å². The minimum absolute atomic E-state index is 1.01. The van der Waals surface area contributed by atoms with Gasteiger partial charge in [-0.15, -0.1) is 0 Å². The molecular weight excluding hydrogens is 200 g/mol. The monoisotopic (exact) mass is 224 g/mol. The molecule has 1 aliphatic rings. The Bertz CT molecular complexity index is 270. The predicted molar refractivity (Wildman–Crippen MR) is 68.5 cm³/mol. The van der Waals surface area contributed by atoms with E-state index < -0.39 is 0 Å². The third-order valence-corrected chi connectivity index (χ3v) is 2.62. The number of likely N-dealkylation sites (N-methyl/N-ethyl adjacent to an activating group) is 1. The van der Waals surface area contributed by atoms with Crippen LogP contribution in [-0.2, 0) is 0 Å². The van der Waals surface area contributed by atoms with Gasteiger partial charge < -0.3 is 15.6 Å². The summed E-state index contributed by atoms with van der Waals surface area (Å²) in [4.78, 5) is 2.40. The van der Waals surface area contributed by atoms with Gasteiger partial charge in [0.1, 0.15) is 5.82 Å². The molecule has 0 unspecified atom stereocenters. The summed E-state index contributed by atoms with van der Waals surface area (Å²) in [6.07, 6.45) is 5.46. The van der Waals surface area contributed by atoms with Crippen LogP contribution in [0, 0.1) is 0 Å². The molecule has 0 bridgehead atoms. The van der Waals surface area contributed by atoms with Gasteiger partial charge in [-0.25, -0.2) is 0 Å². The molecule has 1 heterocycles. The van der Waals surface area contributed by atoms with Crippen molar-refractivity contribution >= 4 is 0 Å². The Labute approximate surface area is 99.0 Å². The van der Waals surface area contributed by atoms with Gasteiger partial charge >= 0.3 is 0 Å². The van der Waals surface area contributed by atoms with E-state index in [4.69, 9.17) is 0 Å². The van der Waals surface area contributed by atoms with Crippen LogP contribution in [0.25, 0.3) is 0 Å². The Balaban J connectivity index is 2.68. The van der Waals surface area contributed by atoms with Gasteiger partial charge in [0, 0.05) is 32.4 Å². The van der Waals surface area contributed by atoms with Gasteiger partial charge in [-0.1, -0.05) is 6.92 Å². The minimum atomic E-state index is 1.01. The van der Waals surface area contributed by atoms with Crippen molar-refractivity contribution in [3.8, 4) is 0 Å². The molecule has 1 rings (SSSR count). The first kappa shape index (κ1) is 12.9. The van der Waals surface area contributed by atoms with Crippen LogP contribution in [0.1, 0.15) is 20.3 Å². The average molecular weight is 224 g/mol. The van der Waals surface area contributed by atoms with E-state index in [1.165, 1.54) is 11.5 Å². The Hall–Kier alpha value is -1.16. The molecule has 2 N–H and O–H groups in total. The number of rotatable bonds is 6. The van der Waals surface area contributed by atoms with Crippen molar-refractivity contribution in [2.75, 3.05) is 33.7 Å². The summed E-state index contributed by atoms with van der Waals surface area (Å²) in [5.74, 6) is 1.24. The van der Waals surface area contributed by atoms with Gasteiger partial charge in [0.25, 0.3) is 0 Å². The highest BCUT2D eigenvalue weighted by Crippen LogP contribution is 2.13. The van der Waals surface area contributed by atoms with Gasteiger partial charge in [-0.2, -0.15) is 0 Å². The lowest BCUT2D eigenvalue weighted by atomic mass is 10.3. The Kier molecular flexibility index (Phi) is 5.19. The first-order chi connectivity index (χ1) is 7.69. The summed E-state index contributed by atoms with van der Waals surface area (Å²) in [6, 6.07) is 0. The van der Waals surface area contributed by atoms with E-state index in [2.05, 4.69) is 53.7 Å². The second-order valence-corrected chi connectivity index (χ2v) is 4.14. The standard InChI is InChI=1S/C12H24N4/c1-5-9-16(10-8-13-3)12-7-6-11(2)14-15(12)4/h6-7,13-14H,5,8-10H2,1-4H3. The van der Waals surface area contributed by atoms with Crippen LogP contribution in [0.2, 0.25) is 0 Å². The summed E-state index contributed by atoms with van der Waals surface area (Å²) in [7, 11) is 4.05. The molecule has 0 aromatic carbocycles. The predicted octanol–water partition coefficient (Wildman–Crippen LogP) is 1.11. The van der Waals surface area contributed by atoms with Gasteiger partial charge in [-0.05, 0) is 32.5 Å². The maximum absolute atomic E-state index is 3.31. The number of hydrazine groups is 1. The third kappa shape index (κ3) is 3.45. The van der Waals surface area contributed by atoms with Crippen molar-refractivity contribution in [1.82, 2.24) is 20.7 Å². The van der Waals surface area contributed by atoms with Crippen LogP contribution in [0.3, 0.4) is 0 Å². The van der Waals surface area contributed by atoms with Gasteiger partial charge in [-0.3, -0.25) is 5.01 Å². The summed E-state index contributed by atoms with van der Waals surface area (Å²) in [5, 5.41) is 5.28. The van der Waals surface area contributed by atoms with Crippen LogP contribution in [-0.4, -0.2) is 43.6 Å². The minimum Gasteiger partial charge on any atom is -0.356 e. The van der Waals surface area contributed by atoms with E-state index in [-0.39, 0.29) is 0 Å². The molecule has 4 nitrogen and oxygen atoms in total. The molecule has 0 amide bonds. The van der Waals surface area contributed by atoms with E-state index in [0.717, 1.165) is 26.1 Å². The Morgan fingerprint density at radius 2 is 2.12 bits per heavy atom. The smallest absolute Gasteiger partial charge is 0.123 e. The van der Waals surface area contributed by atoms with E-state index >= 15 is 0 Å². The molecule has 92 valence electrons. The van der Waals surface area contributed by atoms with Gasteiger partial charge in [0.15, 0.2) is 0 Å². The largest absolute Gasteiger partial charge is 0.356 e. The lowest BCUT2D eigenvalue weighted by Gasteiger charge is -2.36. The number of hydrogen-bond donors (Lipinski definition) is 2. The Morgan fingerprint density at radius 1 is 1.38 bits per heavy atom. The van der Waals surface area contributed by atoms with Crippen LogP contribution < -0.4 is 10.7 Å². The average Bonchev–Trinajstić information content (AvgIpc) is 2.25. The first-order valence-electron chi connectivity index (χ1n) is 5.97. The molecule has 1 aliphatic heterocycles. The lowest BCUT2D eigenvalue weighted by Crippen LogP contribution is -2.44. The van der Waals surface area contributed by atoms with Crippen LogP contribution in [0.5, 0.6) is 0 Å². The summed E-state index contributed by atoms with van der Waals surface area (Å²) in [6.45, 7) is 7.42. The van der Waals surface area contributed by atoms with E-state index in [1.54, 1.807) is 0 Å². The zero-order valence-corrected chi connectivity index (χ0v) is 10.9. The van der Waals surface area contributed by atoms with Crippen LogP contribution >= 0.6 is 0 Å². The summed E-state index contributed by atoms with van der Waals surface area (Å²) < 4.78 is 0. The van der Waals surface area contributed by atoms with E-state index in [1.807, 2.05) is 7.05 Å². The van der Waals surface area contributed by atoms with Crippen LogP contribution in [0.15, 0.2) is 23.7 Å². The molecule has 0 radical (unpaired) electrons. The number of hydrogen-bond acceptors (Lipinski definition) is 4. The molecule has 0 spiro atoms. The van der Waals surface area contributed by atoms with Crippen molar-refractivity contribution < 1.29 is 0 Å². The zero-order chi connectivity index (χ0) is 12.0. The summed E-state index contributed by atoms with van der Waals surface area (Å²) in [5.41, 5.74) is 4.49. The van der Waals surface area contributed by atoms with Crippen molar-refractivity contribution in [2.24, 2.45) is 0 Å². The van der Waals surface area contributed by atoms with Crippen molar-refractivity contribution in [3.63, 3.8) is 0 Å². The molecule has 0 fully saturated rings. The second-order valence-electron chi connectivity index (χ2n) is 4.14. The topological polar surface area (TPSA) is 30.5 Å². The zero-order valence-electron chi connectivity index (χ0n) is 10.9. The molecule has 4 heteroatoms. The van der Waals surface area contributed by atoms with Gasteiger partial charge in [0.05, 0.1) is 0 Å². The summed E-state index contributed by atoms with van der Waals surface area (Å²) >= 11 is 0. The van der Waals surface area contributed by atoms with E-state index in [9.17, 15) is 0 Å². The van der Waals surface area contributed by atoms with E-state index in [0.29, 0.717) is 0 Å². The quantitative estimate of drug-likeness (QED) is 0.707. The molecule has 0 aromatic rings. The highest BCUT2D eigenvalue weighted by molar-refractivity contribution is 5.18. The van der Waals surface area contributed by atoms with Crippen molar-refractivity contribution in [2.45, 2.75) is 20.3 Å².